The summed E-state index contributed by atoms with van der Waals surface area (Å²) in [4.78, 5) is 0. The smallest absolute Gasteiger partial charge is 0.118 e. The summed E-state index contributed by atoms with van der Waals surface area (Å²) in [5.74, 6) is 0.774. The van der Waals surface area contributed by atoms with Crippen LogP contribution in [0, 0.1) is 0 Å². The lowest BCUT2D eigenvalue weighted by atomic mass is 10.1. The molecule has 0 aliphatic heterocycles. The van der Waals surface area contributed by atoms with Crippen LogP contribution in [-0.4, -0.2) is 38.1 Å². The first kappa shape index (κ1) is 15.0. The number of ether oxygens (including phenoxy) is 3. The van der Waals surface area contributed by atoms with Crippen molar-refractivity contribution >= 4 is 0 Å². The maximum Gasteiger partial charge on any atom is 0.118 e. The van der Waals surface area contributed by atoms with Gasteiger partial charge >= 0.3 is 0 Å². The van der Waals surface area contributed by atoms with Crippen molar-refractivity contribution in [1.82, 2.24) is 0 Å². The zero-order chi connectivity index (χ0) is 13.4. The molecule has 1 aromatic rings. The summed E-state index contributed by atoms with van der Waals surface area (Å²) < 4.78 is 15.8. The number of benzene rings is 1. The average Bonchev–Trinajstić information content (AvgIpc) is 2.42. The summed E-state index contributed by atoms with van der Waals surface area (Å²) in [6.07, 6.45) is -0.906. The maximum absolute atomic E-state index is 10.1. The monoisotopic (exact) mass is 254 g/mol. The lowest BCUT2D eigenvalue weighted by Crippen LogP contribution is -2.21. The van der Waals surface area contributed by atoms with Crippen LogP contribution in [-0.2, 0) is 9.47 Å². The molecule has 102 valence electrons. The molecule has 0 radical (unpaired) electrons. The molecule has 0 aliphatic rings. The Labute approximate surface area is 108 Å². The van der Waals surface area contributed by atoms with Gasteiger partial charge in [0.25, 0.3) is 0 Å². The zero-order valence-corrected chi connectivity index (χ0v) is 11.3. The molecule has 1 rings (SSSR count). The average molecular weight is 254 g/mol. The molecule has 2 unspecified atom stereocenters. The summed E-state index contributed by atoms with van der Waals surface area (Å²) in [6.45, 7) is 5.51. The molecular weight excluding hydrogens is 232 g/mol. The van der Waals surface area contributed by atoms with Crippen LogP contribution in [0.1, 0.15) is 25.5 Å². The van der Waals surface area contributed by atoms with Gasteiger partial charge in [-0.05, 0) is 31.5 Å². The molecule has 0 heterocycles. The molecule has 0 saturated carbocycles. The number of rotatable bonds is 8. The third-order valence-electron chi connectivity index (χ3n) is 2.71. The Bertz CT molecular complexity index is 323. The van der Waals surface area contributed by atoms with E-state index in [2.05, 4.69) is 0 Å². The van der Waals surface area contributed by atoms with Crippen molar-refractivity contribution in [2.45, 2.75) is 26.1 Å². The molecular formula is C14H22O4. The molecule has 0 spiro atoms. The second kappa shape index (κ2) is 8.08. The first-order valence-electron chi connectivity index (χ1n) is 6.20. The Kier molecular flexibility index (Phi) is 6.72. The van der Waals surface area contributed by atoms with E-state index in [0.29, 0.717) is 19.8 Å². The van der Waals surface area contributed by atoms with Gasteiger partial charge in [0.15, 0.2) is 0 Å². The standard InChI is InChI=1S/C14H22O4/c1-4-17-9-10-18-11(2)14(15)12-5-7-13(16-3)8-6-12/h5-8,11,14-15H,4,9-10H2,1-3H3. The molecule has 2 atom stereocenters. The normalized spacial score (nSPS) is 14.2. The van der Waals surface area contributed by atoms with E-state index in [4.69, 9.17) is 14.2 Å². The second-order valence-electron chi connectivity index (χ2n) is 3.99. The highest BCUT2D eigenvalue weighted by molar-refractivity contribution is 5.28. The van der Waals surface area contributed by atoms with Gasteiger partial charge in [-0.3, -0.25) is 0 Å². The molecule has 1 aromatic carbocycles. The Hall–Kier alpha value is -1.10. The predicted octanol–water partition coefficient (Wildman–Crippen LogP) is 2.17. The van der Waals surface area contributed by atoms with Crippen LogP contribution in [0.5, 0.6) is 5.75 Å². The van der Waals surface area contributed by atoms with E-state index in [-0.39, 0.29) is 6.10 Å². The highest BCUT2D eigenvalue weighted by Gasteiger charge is 2.16. The molecule has 0 bridgehead atoms. The molecule has 0 aromatic heterocycles. The van der Waals surface area contributed by atoms with Crippen molar-refractivity contribution in [3.63, 3.8) is 0 Å². The van der Waals surface area contributed by atoms with Crippen LogP contribution >= 0.6 is 0 Å². The Morgan fingerprint density at radius 2 is 1.83 bits per heavy atom. The van der Waals surface area contributed by atoms with Gasteiger partial charge in [-0.1, -0.05) is 12.1 Å². The molecule has 0 saturated heterocycles. The molecule has 0 fully saturated rings. The number of aliphatic hydroxyl groups is 1. The van der Waals surface area contributed by atoms with Crippen LogP contribution in [0.4, 0.5) is 0 Å². The fraction of sp³-hybridized carbons (Fsp3) is 0.571. The van der Waals surface area contributed by atoms with Gasteiger partial charge < -0.3 is 19.3 Å². The van der Waals surface area contributed by atoms with Crippen molar-refractivity contribution < 1.29 is 19.3 Å². The molecule has 0 amide bonds. The molecule has 4 heteroatoms. The molecule has 1 N–H and O–H groups in total. The number of hydrogen-bond donors (Lipinski definition) is 1. The number of methoxy groups -OCH3 is 1. The first-order chi connectivity index (χ1) is 8.69. The van der Waals surface area contributed by atoms with E-state index >= 15 is 0 Å². The van der Waals surface area contributed by atoms with Crippen molar-refractivity contribution in [2.75, 3.05) is 26.9 Å². The van der Waals surface area contributed by atoms with E-state index in [9.17, 15) is 5.11 Å². The Balaban J connectivity index is 2.43. The fourth-order valence-corrected chi connectivity index (χ4v) is 1.60. The van der Waals surface area contributed by atoms with Crippen molar-refractivity contribution in [3.8, 4) is 5.75 Å². The molecule has 0 aliphatic carbocycles. The summed E-state index contributed by atoms with van der Waals surface area (Å²) in [7, 11) is 1.62. The van der Waals surface area contributed by atoms with Crippen LogP contribution in [0.2, 0.25) is 0 Å². The first-order valence-corrected chi connectivity index (χ1v) is 6.20. The van der Waals surface area contributed by atoms with Gasteiger partial charge in [0, 0.05) is 6.61 Å². The fourth-order valence-electron chi connectivity index (χ4n) is 1.60. The van der Waals surface area contributed by atoms with E-state index in [1.807, 2.05) is 38.1 Å². The zero-order valence-electron chi connectivity index (χ0n) is 11.3. The van der Waals surface area contributed by atoms with Crippen LogP contribution < -0.4 is 4.74 Å². The molecule has 18 heavy (non-hydrogen) atoms. The highest BCUT2D eigenvalue weighted by atomic mass is 16.5. The van der Waals surface area contributed by atoms with Gasteiger partial charge in [-0.15, -0.1) is 0 Å². The van der Waals surface area contributed by atoms with Crippen LogP contribution in [0.3, 0.4) is 0 Å². The van der Waals surface area contributed by atoms with Crippen molar-refractivity contribution in [3.05, 3.63) is 29.8 Å². The summed E-state index contributed by atoms with van der Waals surface area (Å²) >= 11 is 0. The minimum Gasteiger partial charge on any atom is -0.497 e. The van der Waals surface area contributed by atoms with Crippen LogP contribution in [0.15, 0.2) is 24.3 Å². The SMILES string of the molecule is CCOCCOC(C)C(O)c1ccc(OC)cc1. The third-order valence-corrected chi connectivity index (χ3v) is 2.71. The number of aliphatic hydroxyl groups excluding tert-OH is 1. The lowest BCUT2D eigenvalue weighted by molar-refractivity contribution is -0.0471. The Morgan fingerprint density at radius 1 is 1.17 bits per heavy atom. The summed E-state index contributed by atoms with van der Waals surface area (Å²) in [6, 6.07) is 7.33. The highest BCUT2D eigenvalue weighted by Crippen LogP contribution is 2.21. The van der Waals surface area contributed by atoms with Crippen molar-refractivity contribution in [1.29, 1.82) is 0 Å². The largest absolute Gasteiger partial charge is 0.497 e. The number of hydrogen-bond acceptors (Lipinski definition) is 4. The van der Waals surface area contributed by atoms with E-state index in [1.54, 1.807) is 7.11 Å². The molecule has 4 nitrogen and oxygen atoms in total. The van der Waals surface area contributed by atoms with Gasteiger partial charge in [-0.25, -0.2) is 0 Å². The summed E-state index contributed by atoms with van der Waals surface area (Å²) in [5, 5.41) is 10.1. The lowest BCUT2D eigenvalue weighted by Gasteiger charge is -2.20. The van der Waals surface area contributed by atoms with Gasteiger partial charge in [0.2, 0.25) is 0 Å². The summed E-state index contributed by atoms with van der Waals surface area (Å²) in [5.41, 5.74) is 0.819. The minimum absolute atomic E-state index is 0.265. The van der Waals surface area contributed by atoms with Crippen LogP contribution in [0.25, 0.3) is 0 Å². The second-order valence-corrected chi connectivity index (χ2v) is 3.99. The van der Waals surface area contributed by atoms with E-state index < -0.39 is 6.10 Å². The van der Waals surface area contributed by atoms with Gasteiger partial charge in [0.1, 0.15) is 11.9 Å². The third kappa shape index (κ3) is 4.64. The minimum atomic E-state index is -0.641. The quantitative estimate of drug-likeness (QED) is 0.722. The topological polar surface area (TPSA) is 47.9 Å². The van der Waals surface area contributed by atoms with E-state index in [0.717, 1.165) is 11.3 Å². The van der Waals surface area contributed by atoms with Crippen molar-refractivity contribution in [2.24, 2.45) is 0 Å². The van der Waals surface area contributed by atoms with E-state index in [1.165, 1.54) is 0 Å². The predicted molar refractivity (Wildman–Crippen MR) is 69.9 cm³/mol. The van der Waals surface area contributed by atoms with Gasteiger partial charge in [0.05, 0.1) is 26.4 Å². The van der Waals surface area contributed by atoms with Gasteiger partial charge in [-0.2, -0.15) is 0 Å². The Morgan fingerprint density at radius 3 is 2.39 bits per heavy atom. The maximum atomic E-state index is 10.1.